The summed E-state index contributed by atoms with van der Waals surface area (Å²) in [4.78, 5) is 20.9. The molecular formula is C20H25N3O2. The van der Waals surface area contributed by atoms with Crippen molar-refractivity contribution in [2.75, 3.05) is 13.1 Å². The highest BCUT2D eigenvalue weighted by Gasteiger charge is 2.46. The first kappa shape index (κ1) is 16.3. The maximum Gasteiger partial charge on any atom is 0.410 e. The van der Waals surface area contributed by atoms with Crippen molar-refractivity contribution in [1.82, 2.24) is 14.8 Å². The van der Waals surface area contributed by atoms with Gasteiger partial charge in [0, 0.05) is 49.5 Å². The number of likely N-dealkylation sites (tertiary alicyclic amines) is 2. The summed E-state index contributed by atoms with van der Waals surface area (Å²) in [7, 11) is 0. The van der Waals surface area contributed by atoms with Crippen LogP contribution in [0.15, 0.2) is 36.7 Å². The summed E-state index contributed by atoms with van der Waals surface area (Å²) >= 11 is 0. The van der Waals surface area contributed by atoms with Gasteiger partial charge in [0.05, 0.1) is 0 Å². The molecule has 0 radical (unpaired) electrons. The van der Waals surface area contributed by atoms with E-state index in [1.807, 2.05) is 38.1 Å². The molecule has 2 atom stereocenters. The number of hydrogen-bond donors (Lipinski definition) is 0. The Bertz CT molecular complexity index is 799. The summed E-state index contributed by atoms with van der Waals surface area (Å²) in [6.45, 7) is 8.39. The fraction of sp³-hybridized carbons (Fsp3) is 0.500. The predicted octanol–water partition coefficient (Wildman–Crippen LogP) is 3.43. The minimum absolute atomic E-state index is 0.169. The van der Waals surface area contributed by atoms with Gasteiger partial charge in [-0.3, -0.25) is 9.88 Å². The summed E-state index contributed by atoms with van der Waals surface area (Å²) in [6.07, 6.45) is 4.62. The van der Waals surface area contributed by atoms with Crippen LogP contribution in [0.1, 0.15) is 32.8 Å². The highest BCUT2D eigenvalue weighted by atomic mass is 16.6. The molecule has 2 aliphatic heterocycles. The van der Waals surface area contributed by atoms with Crippen LogP contribution >= 0.6 is 0 Å². The first-order valence-electron chi connectivity index (χ1n) is 8.95. The fourth-order valence-electron chi connectivity index (χ4n) is 3.95. The van der Waals surface area contributed by atoms with Gasteiger partial charge in [-0.2, -0.15) is 0 Å². The number of amides is 1. The molecule has 0 spiro atoms. The molecule has 1 amide bonds. The van der Waals surface area contributed by atoms with Crippen LogP contribution < -0.4 is 0 Å². The average Bonchev–Trinajstić information content (AvgIpc) is 3.13. The number of carbonyl (C=O) groups is 1. The summed E-state index contributed by atoms with van der Waals surface area (Å²) in [5.41, 5.74) is 0.883. The number of pyridine rings is 1. The van der Waals surface area contributed by atoms with Gasteiger partial charge in [-0.15, -0.1) is 0 Å². The van der Waals surface area contributed by atoms with Gasteiger partial charge in [0.1, 0.15) is 5.60 Å². The zero-order valence-corrected chi connectivity index (χ0v) is 15.1. The van der Waals surface area contributed by atoms with Crippen LogP contribution in [0.4, 0.5) is 4.79 Å². The van der Waals surface area contributed by atoms with Crippen LogP contribution in [0.3, 0.4) is 0 Å². The average molecular weight is 339 g/mol. The number of piperazine rings is 1. The zero-order chi connectivity index (χ0) is 17.6. The molecular weight excluding hydrogens is 314 g/mol. The van der Waals surface area contributed by atoms with Gasteiger partial charge >= 0.3 is 6.09 Å². The van der Waals surface area contributed by atoms with Crippen molar-refractivity contribution < 1.29 is 9.53 Å². The summed E-state index contributed by atoms with van der Waals surface area (Å²) in [6, 6.07) is 9.34. The van der Waals surface area contributed by atoms with Crippen molar-refractivity contribution in [2.45, 2.75) is 51.4 Å². The van der Waals surface area contributed by atoms with Crippen molar-refractivity contribution >= 4 is 16.9 Å². The lowest BCUT2D eigenvalue weighted by Crippen LogP contribution is -2.49. The molecule has 5 nitrogen and oxygen atoms in total. The number of ether oxygens (including phenoxy) is 1. The van der Waals surface area contributed by atoms with Gasteiger partial charge in [-0.25, -0.2) is 4.79 Å². The molecule has 1 aromatic heterocycles. The number of hydrogen-bond acceptors (Lipinski definition) is 4. The van der Waals surface area contributed by atoms with E-state index in [0.717, 1.165) is 26.1 Å². The molecule has 2 saturated heterocycles. The molecule has 4 rings (SSSR count). The lowest BCUT2D eigenvalue weighted by molar-refractivity contribution is 0.0124. The normalized spacial score (nSPS) is 23.4. The Kier molecular flexibility index (Phi) is 3.91. The molecule has 2 fully saturated rings. The fourth-order valence-corrected chi connectivity index (χ4v) is 3.95. The van der Waals surface area contributed by atoms with E-state index < -0.39 is 5.60 Å². The molecule has 0 N–H and O–H groups in total. The van der Waals surface area contributed by atoms with Gasteiger partial charge in [-0.05, 0) is 50.3 Å². The summed E-state index contributed by atoms with van der Waals surface area (Å²) in [5.74, 6) is 0. The number of fused-ring (bicyclic) bond motifs is 3. The van der Waals surface area contributed by atoms with Crippen molar-refractivity contribution in [3.05, 3.63) is 42.2 Å². The van der Waals surface area contributed by atoms with E-state index in [-0.39, 0.29) is 12.1 Å². The van der Waals surface area contributed by atoms with E-state index in [4.69, 9.17) is 4.74 Å². The number of benzene rings is 1. The Labute approximate surface area is 148 Å². The first-order chi connectivity index (χ1) is 11.9. The maximum absolute atomic E-state index is 12.3. The number of nitrogens with zero attached hydrogens (tertiary/aromatic N) is 3. The molecule has 0 unspecified atom stereocenters. The van der Waals surface area contributed by atoms with Crippen LogP contribution in [-0.2, 0) is 11.3 Å². The summed E-state index contributed by atoms with van der Waals surface area (Å²) < 4.78 is 5.54. The minimum atomic E-state index is -0.432. The summed E-state index contributed by atoms with van der Waals surface area (Å²) in [5, 5.41) is 2.40. The molecule has 132 valence electrons. The minimum Gasteiger partial charge on any atom is -0.444 e. The highest BCUT2D eigenvalue weighted by molar-refractivity contribution is 5.82. The number of rotatable bonds is 2. The molecule has 0 aliphatic carbocycles. The lowest BCUT2D eigenvalue weighted by Gasteiger charge is -2.35. The molecule has 1 aromatic carbocycles. The molecule has 0 saturated carbocycles. The van der Waals surface area contributed by atoms with Gasteiger partial charge in [0.15, 0.2) is 0 Å². The third-order valence-electron chi connectivity index (χ3n) is 5.07. The Morgan fingerprint density at radius 1 is 1.20 bits per heavy atom. The largest absolute Gasteiger partial charge is 0.444 e. The Balaban J connectivity index is 1.41. The Hall–Kier alpha value is -2.14. The van der Waals surface area contributed by atoms with Crippen molar-refractivity contribution in [1.29, 1.82) is 0 Å². The smallest absolute Gasteiger partial charge is 0.410 e. The first-order valence-corrected chi connectivity index (χ1v) is 8.95. The van der Waals surface area contributed by atoms with Crippen LogP contribution in [0.2, 0.25) is 0 Å². The molecule has 2 aromatic rings. The highest BCUT2D eigenvalue weighted by Crippen LogP contribution is 2.33. The van der Waals surface area contributed by atoms with Gasteiger partial charge in [-0.1, -0.05) is 12.1 Å². The zero-order valence-electron chi connectivity index (χ0n) is 15.1. The lowest BCUT2D eigenvalue weighted by atomic mass is 10.1. The van der Waals surface area contributed by atoms with E-state index in [2.05, 4.69) is 34.1 Å². The number of aromatic nitrogens is 1. The van der Waals surface area contributed by atoms with E-state index in [9.17, 15) is 4.79 Å². The van der Waals surface area contributed by atoms with Crippen molar-refractivity contribution in [3.8, 4) is 0 Å². The standard InChI is InChI=1S/C20H25N3O2/c1-20(2,3)25-19(24)23-13-17-9-18(23)12-22(17)11-14-4-5-16-10-21-7-6-15(16)8-14/h4-8,10,17-18H,9,11-13H2,1-3H3/t17-,18-/m1/s1. The van der Waals surface area contributed by atoms with Gasteiger partial charge in [0.25, 0.3) is 0 Å². The monoisotopic (exact) mass is 339 g/mol. The van der Waals surface area contributed by atoms with Gasteiger partial charge < -0.3 is 9.64 Å². The van der Waals surface area contributed by atoms with Crippen LogP contribution in [0, 0.1) is 0 Å². The molecule has 25 heavy (non-hydrogen) atoms. The quantitative estimate of drug-likeness (QED) is 0.841. The van der Waals surface area contributed by atoms with E-state index in [0.29, 0.717) is 6.04 Å². The third kappa shape index (κ3) is 3.33. The molecule has 2 bridgehead atoms. The third-order valence-corrected chi connectivity index (χ3v) is 5.07. The molecule has 3 heterocycles. The number of carbonyl (C=O) groups excluding carboxylic acids is 1. The Morgan fingerprint density at radius 3 is 2.76 bits per heavy atom. The van der Waals surface area contributed by atoms with Crippen LogP contribution in [0.25, 0.3) is 10.8 Å². The predicted molar refractivity (Wildman–Crippen MR) is 97.3 cm³/mol. The van der Waals surface area contributed by atoms with Crippen molar-refractivity contribution in [2.24, 2.45) is 0 Å². The SMILES string of the molecule is CC(C)(C)OC(=O)N1C[C@H]2C[C@@H]1CN2Cc1ccc2cnccc2c1. The second-order valence-corrected chi connectivity index (χ2v) is 8.16. The van der Waals surface area contributed by atoms with Crippen LogP contribution in [-0.4, -0.2) is 51.7 Å². The maximum atomic E-state index is 12.3. The van der Waals surface area contributed by atoms with Crippen molar-refractivity contribution in [3.63, 3.8) is 0 Å². The second kappa shape index (κ2) is 5.99. The Morgan fingerprint density at radius 2 is 2.04 bits per heavy atom. The van der Waals surface area contributed by atoms with E-state index in [1.165, 1.54) is 16.3 Å². The van der Waals surface area contributed by atoms with Gasteiger partial charge in [0.2, 0.25) is 0 Å². The topological polar surface area (TPSA) is 45.7 Å². The molecule has 2 aliphatic rings. The second-order valence-electron chi connectivity index (χ2n) is 8.16. The van der Waals surface area contributed by atoms with E-state index >= 15 is 0 Å². The van der Waals surface area contributed by atoms with Crippen LogP contribution in [0.5, 0.6) is 0 Å². The van der Waals surface area contributed by atoms with E-state index in [1.54, 1.807) is 0 Å². The molecule has 5 heteroatoms.